The molecule has 1 heterocycles. The molecule has 0 atom stereocenters. The molecule has 1 aliphatic rings. The average Bonchev–Trinajstić information content (AvgIpc) is 2.57. The predicted molar refractivity (Wildman–Crippen MR) is 97.6 cm³/mol. The quantitative estimate of drug-likeness (QED) is 0.722. The minimum Gasteiger partial charge on any atom is -0.367 e. The third-order valence-electron chi connectivity index (χ3n) is 4.15. The van der Waals surface area contributed by atoms with Gasteiger partial charge in [0.25, 0.3) is 0 Å². The number of hydrogen-bond donors (Lipinski definition) is 1. The number of halogens is 2. The Morgan fingerprint density at radius 2 is 1.96 bits per heavy atom. The summed E-state index contributed by atoms with van der Waals surface area (Å²) in [6.45, 7) is 0. The Balaban J connectivity index is 1.91. The largest absolute Gasteiger partial charge is 0.367 e. The van der Waals surface area contributed by atoms with Crippen LogP contribution in [0.3, 0.4) is 0 Å². The van der Waals surface area contributed by atoms with Crippen LogP contribution in [0.25, 0.3) is 11.1 Å². The highest BCUT2D eigenvalue weighted by Crippen LogP contribution is 2.32. The second-order valence-corrected chi connectivity index (χ2v) is 7.19. The smallest absolute Gasteiger partial charge is 0.126 e. The number of anilines is 1. The molecule has 1 saturated carbocycles. The summed E-state index contributed by atoms with van der Waals surface area (Å²) in [5, 5.41) is 13.2. The van der Waals surface area contributed by atoms with E-state index in [0.29, 0.717) is 16.6 Å². The van der Waals surface area contributed by atoms with Crippen LogP contribution in [0, 0.1) is 11.3 Å². The zero-order valence-electron chi connectivity index (χ0n) is 12.6. The van der Waals surface area contributed by atoms with Crippen LogP contribution in [0.1, 0.15) is 37.7 Å². The SMILES string of the molecule is N#Cc1cc(Br)cc(-c2cc(NC3CCCCC3)ncc2Cl)c1. The summed E-state index contributed by atoms with van der Waals surface area (Å²) in [5.74, 6) is 0.842. The molecule has 1 aliphatic carbocycles. The molecule has 0 saturated heterocycles. The molecule has 1 aromatic carbocycles. The summed E-state index contributed by atoms with van der Waals surface area (Å²) in [7, 11) is 0. The Labute approximate surface area is 149 Å². The van der Waals surface area contributed by atoms with Crippen LogP contribution in [0.5, 0.6) is 0 Å². The van der Waals surface area contributed by atoms with Crippen molar-refractivity contribution in [2.45, 2.75) is 38.1 Å². The van der Waals surface area contributed by atoms with Gasteiger partial charge in [0.1, 0.15) is 5.82 Å². The molecular weight excluding hydrogens is 374 g/mol. The predicted octanol–water partition coefficient (Wildman–Crippen LogP) is 5.78. The van der Waals surface area contributed by atoms with Gasteiger partial charge in [-0.2, -0.15) is 5.26 Å². The highest BCUT2D eigenvalue weighted by molar-refractivity contribution is 9.10. The zero-order chi connectivity index (χ0) is 16.2. The molecule has 1 fully saturated rings. The van der Waals surface area contributed by atoms with Crippen molar-refractivity contribution in [2.24, 2.45) is 0 Å². The van der Waals surface area contributed by atoms with E-state index in [1.54, 1.807) is 12.3 Å². The minimum atomic E-state index is 0.488. The first-order valence-corrected chi connectivity index (χ1v) is 8.96. The maximum absolute atomic E-state index is 9.15. The van der Waals surface area contributed by atoms with Gasteiger partial charge >= 0.3 is 0 Å². The molecule has 3 nitrogen and oxygen atoms in total. The molecular formula is C18H17BrClN3. The molecule has 0 amide bonds. The zero-order valence-corrected chi connectivity index (χ0v) is 15.0. The molecule has 1 aromatic heterocycles. The van der Waals surface area contributed by atoms with E-state index < -0.39 is 0 Å². The molecule has 2 aromatic rings. The molecule has 118 valence electrons. The van der Waals surface area contributed by atoms with Crippen molar-refractivity contribution in [1.82, 2.24) is 4.98 Å². The van der Waals surface area contributed by atoms with Crippen LogP contribution >= 0.6 is 27.5 Å². The first-order valence-electron chi connectivity index (χ1n) is 7.79. The summed E-state index contributed by atoms with van der Waals surface area (Å²) >= 11 is 9.78. The van der Waals surface area contributed by atoms with Crippen LogP contribution in [0.4, 0.5) is 5.82 Å². The van der Waals surface area contributed by atoms with Crippen LogP contribution in [-0.2, 0) is 0 Å². The van der Waals surface area contributed by atoms with Crippen LogP contribution < -0.4 is 5.32 Å². The normalized spacial score (nSPS) is 15.2. The lowest BCUT2D eigenvalue weighted by Gasteiger charge is -2.23. The van der Waals surface area contributed by atoms with E-state index in [0.717, 1.165) is 21.4 Å². The van der Waals surface area contributed by atoms with E-state index >= 15 is 0 Å². The molecule has 5 heteroatoms. The fourth-order valence-electron chi connectivity index (χ4n) is 3.00. The Morgan fingerprint density at radius 3 is 2.70 bits per heavy atom. The maximum Gasteiger partial charge on any atom is 0.126 e. The fourth-order valence-corrected chi connectivity index (χ4v) is 3.71. The summed E-state index contributed by atoms with van der Waals surface area (Å²) in [4.78, 5) is 4.40. The number of nitriles is 1. The van der Waals surface area contributed by atoms with Gasteiger partial charge in [0.05, 0.1) is 16.7 Å². The molecule has 23 heavy (non-hydrogen) atoms. The summed E-state index contributed by atoms with van der Waals surface area (Å²) in [6.07, 6.45) is 7.93. The van der Waals surface area contributed by atoms with Gasteiger partial charge in [-0.1, -0.05) is 46.8 Å². The lowest BCUT2D eigenvalue weighted by atomic mass is 9.95. The molecule has 3 rings (SSSR count). The molecule has 0 unspecified atom stereocenters. The summed E-state index contributed by atoms with van der Waals surface area (Å²) in [5.41, 5.74) is 2.40. The number of aromatic nitrogens is 1. The Kier molecular flexibility index (Phi) is 5.20. The van der Waals surface area contributed by atoms with Gasteiger partial charge in [-0.3, -0.25) is 0 Å². The highest BCUT2D eigenvalue weighted by Gasteiger charge is 2.15. The van der Waals surface area contributed by atoms with E-state index in [1.807, 2.05) is 18.2 Å². The van der Waals surface area contributed by atoms with Crippen molar-refractivity contribution in [3.05, 3.63) is 45.5 Å². The van der Waals surface area contributed by atoms with E-state index in [1.165, 1.54) is 32.1 Å². The lowest BCUT2D eigenvalue weighted by molar-refractivity contribution is 0.462. The summed E-state index contributed by atoms with van der Waals surface area (Å²) < 4.78 is 0.862. The van der Waals surface area contributed by atoms with Gasteiger partial charge in [-0.25, -0.2) is 4.98 Å². The summed E-state index contributed by atoms with van der Waals surface area (Å²) in [6, 6.07) is 10.2. The molecule has 0 spiro atoms. The van der Waals surface area contributed by atoms with E-state index in [2.05, 4.69) is 32.3 Å². The Morgan fingerprint density at radius 1 is 1.17 bits per heavy atom. The van der Waals surface area contributed by atoms with E-state index in [-0.39, 0.29) is 0 Å². The van der Waals surface area contributed by atoms with Gasteiger partial charge in [-0.05, 0) is 42.7 Å². The van der Waals surface area contributed by atoms with Crippen LogP contribution in [0.15, 0.2) is 34.9 Å². The first-order chi connectivity index (χ1) is 11.2. The van der Waals surface area contributed by atoms with Gasteiger partial charge in [0, 0.05) is 22.3 Å². The molecule has 0 radical (unpaired) electrons. The van der Waals surface area contributed by atoms with E-state index in [4.69, 9.17) is 16.9 Å². The molecule has 0 bridgehead atoms. The van der Waals surface area contributed by atoms with Gasteiger partial charge in [0.2, 0.25) is 0 Å². The van der Waals surface area contributed by atoms with Crippen molar-refractivity contribution >= 4 is 33.3 Å². The van der Waals surface area contributed by atoms with Crippen LogP contribution in [0.2, 0.25) is 5.02 Å². The lowest BCUT2D eigenvalue weighted by Crippen LogP contribution is -2.22. The first kappa shape index (κ1) is 16.3. The second kappa shape index (κ2) is 7.33. The monoisotopic (exact) mass is 389 g/mol. The third-order valence-corrected chi connectivity index (χ3v) is 4.91. The van der Waals surface area contributed by atoms with Gasteiger partial charge in [-0.15, -0.1) is 0 Å². The van der Waals surface area contributed by atoms with Crippen molar-refractivity contribution in [3.8, 4) is 17.2 Å². The van der Waals surface area contributed by atoms with Crippen molar-refractivity contribution in [1.29, 1.82) is 5.26 Å². The van der Waals surface area contributed by atoms with E-state index in [9.17, 15) is 0 Å². The number of pyridine rings is 1. The standard InChI is InChI=1S/C18H17BrClN3/c19-14-7-12(10-21)6-13(8-14)16-9-18(22-11-17(16)20)23-15-4-2-1-3-5-15/h6-9,11,15H,1-5H2,(H,22,23). The van der Waals surface area contributed by atoms with Crippen molar-refractivity contribution in [3.63, 3.8) is 0 Å². The van der Waals surface area contributed by atoms with Gasteiger partial charge in [0.15, 0.2) is 0 Å². The second-order valence-electron chi connectivity index (χ2n) is 5.87. The third kappa shape index (κ3) is 4.04. The van der Waals surface area contributed by atoms with Crippen molar-refractivity contribution < 1.29 is 0 Å². The number of benzene rings is 1. The Hall–Kier alpha value is -1.57. The van der Waals surface area contributed by atoms with Crippen LogP contribution in [-0.4, -0.2) is 11.0 Å². The fraction of sp³-hybridized carbons (Fsp3) is 0.333. The van der Waals surface area contributed by atoms with Crippen molar-refractivity contribution in [2.75, 3.05) is 5.32 Å². The van der Waals surface area contributed by atoms with Gasteiger partial charge < -0.3 is 5.32 Å². The number of nitrogens with one attached hydrogen (secondary N) is 1. The topological polar surface area (TPSA) is 48.7 Å². The number of hydrogen-bond acceptors (Lipinski definition) is 3. The number of rotatable bonds is 3. The molecule has 1 N–H and O–H groups in total. The average molecular weight is 391 g/mol. The maximum atomic E-state index is 9.15. The Bertz CT molecular complexity index is 748. The highest BCUT2D eigenvalue weighted by atomic mass is 79.9. The number of nitrogens with zero attached hydrogens (tertiary/aromatic N) is 2. The molecule has 0 aliphatic heterocycles. The minimum absolute atomic E-state index is 0.488.